The molecule has 0 radical (unpaired) electrons. The van der Waals surface area contributed by atoms with Gasteiger partial charge < -0.3 is 10.4 Å². The van der Waals surface area contributed by atoms with Crippen LogP contribution in [-0.2, 0) is 22.4 Å². The van der Waals surface area contributed by atoms with E-state index in [1.807, 2.05) is 0 Å². The van der Waals surface area contributed by atoms with E-state index < -0.39 is 27.8 Å². The van der Waals surface area contributed by atoms with Gasteiger partial charge in [0.1, 0.15) is 6.04 Å². The van der Waals surface area contributed by atoms with Gasteiger partial charge in [0.15, 0.2) is 0 Å². The highest BCUT2D eigenvalue weighted by Crippen LogP contribution is 2.19. The van der Waals surface area contributed by atoms with Crippen molar-refractivity contribution >= 4 is 23.3 Å². The number of amides is 1. The summed E-state index contributed by atoms with van der Waals surface area (Å²) in [5.41, 5.74) is 0.0914. The zero-order valence-electron chi connectivity index (χ0n) is 13.9. The van der Waals surface area contributed by atoms with Crippen LogP contribution in [0.15, 0.2) is 48.5 Å². The Labute approximate surface area is 152 Å². The van der Waals surface area contributed by atoms with Gasteiger partial charge in [-0.2, -0.15) is 0 Å². The zero-order chi connectivity index (χ0) is 20.0. The monoisotopic (exact) mass is 373 g/mol. The van der Waals surface area contributed by atoms with Crippen molar-refractivity contribution in [3.63, 3.8) is 0 Å². The summed E-state index contributed by atoms with van der Waals surface area (Å²) in [6, 6.07) is 9.70. The highest BCUT2D eigenvalue weighted by atomic mass is 16.6. The molecule has 0 aliphatic carbocycles. The maximum absolute atomic E-state index is 12.1. The molecule has 0 unspecified atom stereocenters. The van der Waals surface area contributed by atoms with E-state index in [0.717, 1.165) is 0 Å². The summed E-state index contributed by atoms with van der Waals surface area (Å²) in [5, 5.41) is 33.4. The number of aliphatic carboxylic acids is 1. The number of hydrogen-bond acceptors (Lipinski definition) is 6. The van der Waals surface area contributed by atoms with Gasteiger partial charge >= 0.3 is 5.97 Å². The predicted octanol–water partition coefficient (Wildman–Crippen LogP) is 1.86. The lowest BCUT2D eigenvalue weighted by Crippen LogP contribution is -2.43. The standard InChI is InChI=1S/C17H15N3O7/c21-16(9-11-4-3-6-13(8-11)19(24)25)18-14(17(22)23)10-12-5-1-2-7-15(12)20(26)27/h1-8,14H,9-10H2,(H,18,21)(H,22,23)/t14-/m1/s1. The quantitative estimate of drug-likeness (QED) is 0.529. The van der Waals surface area contributed by atoms with E-state index in [-0.39, 0.29) is 29.8 Å². The Morgan fingerprint density at radius 3 is 2.37 bits per heavy atom. The Hall–Kier alpha value is -3.82. The maximum atomic E-state index is 12.1. The molecule has 1 atom stereocenters. The molecule has 1 amide bonds. The summed E-state index contributed by atoms with van der Waals surface area (Å²) in [6.45, 7) is 0. The molecule has 0 saturated heterocycles. The largest absolute Gasteiger partial charge is 0.480 e. The Balaban J connectivity index is 2.11. The first-order valence-corrected chi connectivity index (χ1v) is 7.75. The van der Waals surface area contributed by atoms with Crippen molar-refractivity contribution in [1.29, 1.82) is 0 Å². The van der Waals surface area contributed by atoms with Crippen molar-refractivity contribution < 1.29 is 24.5 Å². The third-order valence-corrected chi connectivity index (χ3v) is 3.73. The van der Waals surface area contributed by atoms with Crippen LogP contribution < -0.4 is 5.32 Å². The molecule has 2 aromatic rings. The number of nitro benzene ring substituents is 2. The molecule has 0 bridgehead atoms. The smallest absolute Gasteiger partial charge is 0.326 e. The first kappa shape index (κ1) is 19.5. The molecule has 0 spiro atoms. The van der Waals surface area contributed by atoms with Crippen molar-refractivity contribution in [2.75, 3.05) is 0 Å². The number of rotatable bonds is 8. The highest BCUT2D eigenvalue weighted by Gasteiger charge is 2.24. The van der Waals surface area contributed by atoms with Crippen molar-refractivity contribution in [3.05, 3.63) is 79.9 Å². The molecule has 10 heteroatoms. The molecule has 0 aliphatic rings. The summed E-state index contributed by atoms with van der Waals surface area (Å²) in [4.78, 5) is 44.2. The fourth-order valence-electron chi connectivity index (χ4n) is 2.49. The Morgan fingerprint density at radius 1 is 1.04 bits per heavy atom. The second-order valence-electron chi connectivity index (χ2n) is 5.65. The maximum Gasteiger partial charge on any atom is 0.326 e. The summed E-state index contributed by atoms with van der Waals surface area (Å²) in [7, 11) is 0. The van der Waals surface area contributed by atoms with Crippen molar-refractivity contribution in [1.82, 2.24) is 5.32 Å². The normalized spacial score (nSPS) is 11.4. The van der Waals surface area contributed by atoms with E-state index in [1.165, 1.54) is 48.5 Å². The minimum atomic E-state index is -1.38. The molecule has 2 N–H and O–H groups in total. The van der Waals surface area contributed by atoms with Gasteiger partial charge in [-0.3, -0.25) is 25.0 Å². The van der Waals surface area contributed by atoms with Gasteiger partial charge in [0, 0.05) is 30.2 Å². The van der Waals surface area contributed by atoms with E-state index in [1.54, 1.807) is 0 Å². The van der Waals surface area contributed by atoms with Crippen LogP contribution in [0.3, 0.4) is 0 Å². The third-order valence-electron chi connectivity index (χ3n) is 3.73. The topological polar surface area (TPSA) is 153 Å². The number of carbonyl (C=O) groups excluding carboxylic acids is 1. The van der Waals surface area contributed by atoms with E-state index in [4.69, 9.17) is 0 Å². The van der Waals surface area contributed by atoms with Crippen LogP contribution in [0.2, 0.25) is 0 Å². The number of carboxylic acids is 1. The predicted molar refractivity (Wildman–Crippen MR) is 93.2 cm³/mol. The zero-order valence-corrected chi connectivity index (χ0v) is 13.9. The summed E-state index contributed by atoms with van der Waals surface area (Å²) < 4.78 is 0. The highest BCUT2D eigenvalue weighted by molar-refractivity contribution is 5.85. The average molecular weight is 373 g/mol. The van der Waals surface area contributed by atoms with Crippen molar-refractivity contribution in [3.8, 4) is 0 Å². The molecular formula is C17H15N3O7. The third kappa shape index (κ3) is 5.33. The van der Waals surface area contributed by atoms with Crippen LogP contribution in [0.4, 0.5) is 11.4 Å². The van der Waals surface area contributed by atoms with Crippen LogP contribution in [0.25, 0.3) is 0 Å². The number of non-ortho nitro benzene ring substituents is 1. The lowest BCUT2D eigenvalue weighted by Gasteiger charge is -2.15. The second-order valence-corrected chi connectivity index (χ2v) is 5.65. The van der Waals surface area contributed by atoms with Gasteiger partial charge in [-0.05, 0) is 5.56 Å². The molecule has 10 nitrogen and oxygen atoms in total. The average Bonchev–Trinajstić information content (AvgIpc) is 2.61. The molecule has 0 heterocycles. The molecule has 0 aliphatic heterocycles. The molecule has 0 aromatic heterocycles. The first-order chi connectivity index (χ1) is 12.8. The number of carboxylic acid groups (broad SMARTS) is 1. The van der Waals surface area contributed by atoms with Crippen molar-refractivity contribution in [2.24, 2.45) is 0 Å². The molecular weight excluding hydrogens is 358 g/mol. The van der Waals surface area contributed by atoms with Gasteiger partial charge in [-0.25, -0.2) is 4.79 Å². The second kappa shape index (κ2) is 8.52. The number of nitro groups is 2. The fraction of sp³-hybridized carbons (Fsp3) is 0.176. The van der Waals surface area contributed by atoms with Gasteiger partial charge in [0.2, 0.25) is 5.91 Å². The molecule has 27 heavy (non-hydrogen) atoms. The van der Waals surface area contributed by atoms with Crippen LogP contribution in [-0.4, -0.2) is 32.9 Å². The number of carbonyl (C=O) groups is 2. The lowest BCUT2D eigenvalue weighted by atomic mass is 10.0. The van der Waals surface area contributed by atoms with E-state index >= 15 is 0 Å². The number of para-hydroxylation sites is 1. The van der Waals surface area contributed by atoms with Gasteiger partial charge in [0.25, 0.3) is 11.4 Å². The van der Waals surface area contributed by atoms with Gasteiger partial charge in [-0.1, -0.05) is 30.3 Å². The number of nitrogens with one attached hydrogen (secondary N) is 1. The minimum absolute atomic E-state index is 0.172. The molecule has 0 fully saturated rings. The lowest BCUT2D eigenvalue weighted by molar-refractivity contribution is -0.385. The molecule has 2 aromatic carbocycles. The summed E-state index contributed by atoms with van der Waals surface area (Å²) in [5.74, 6) is -2.01. The number of hydrogen-bond donors (Lipinski definition) is 2. The van der Waals surface area contributed by atoms with Crippen LogP contribution in [0, 0.1) is 20.2 Å². The van der Waals surface area contributed by atoms with E-state index in [2.05, 4.69) is 5.32 Å². The van der Waals surface area contributed by atoms with Crippen LogP contribution in [0.1, 0.15) is 11.1 Å². The fourth-order valence-corrected chi connectivity index (χ4v) is 2.49. The Morgan fingerprint density at radius 2 is 1.74 bits per heavy atom. The van der Waals surface area contributed by atoms with E-state index in [9.17, 15) is 34.9 Å². The van der Waals surface area contributed by atoms with Gasteiger partial charge in [-0.15, -0.1) is 0 Å². The minimum Gasteiger partial charge on any atom is -0.480 e. The van der Waals surface area contributed by atoms with Gasteiger partial charge in [0.05, 0.1) is 16.3 Å². The summed E-state index contributed by atoms with van der Waals surface area (Å²) >= 11 is 0. The van der Waals surface area contributed by atoms with Crippen molar-refractivity contribution in [2.45, 2.75) is 18.9 Å². The van der Waals surface area contributed by atoms with E-state index in [0.29, 0.717) is 5.56 Å². The molecule has 140 valence electrons. The Bertz CT molecular complexity index is 898. The van der Waals surface area contributed by atoms with Crippen LogP contribution in [0.5, 0.6) is 0 Å². The Kier molecular flexibility index (Phi) is 6.15. The number of nitrogens with zero attached hydrogens (tertiary/aromatic N) is 2. The summed E-state index contributed by atoms with van der Waals surface area (Å²) in [6.07, 6.45) is -0.532. The SMILES string of the molecule is O=C(Cc1cccc([N+](=O)[O-])c1)N[C@H](Cc1ccccc1[N+](=O)[O-])C(=O)O. The first-order valence-electron chi connectivity index (χ1n) is 7.75. The molecule has 2 rings (SSSR count). The van der Waals surface area contributed by atoms with Crippen LogP contribution >= 0.6 is 0 Å². The number of benzene rings is 2. The molecule has 0 saturated carbocycles.